The molecule has 2 aromatic rings. The molecule has 0 saturated carbocycles. The Morgan fingerprint density at radius 2 is 1.88 bits per heavy atom. The van der Waals surface area contributed by atoms with Crippen LogP contribution in [-0.2, 0) is 4.79 Å². The summed E-state index contributed by atoms with van der Waals surface area (Å²) >= 11 is 11.9. The fraction of sp³-hybridized carbons (Fsp3) is 0. The van der Waals surface area contributed by atoms with Gasteiger partial charge in [0.05, 0.1) is 21.8 Å². The van der Waals surface area contributed by atoms with E-state index in [4.69, 9.17) is 37.5 Å². The zero-order chi connectivity index (χ0) is 12.0. The van der Waals surface area contributed by atoms with Crippen molar-refractivity contribution in [3.63, 3.8) is 0 Å². The van der Waals surface area contributed by atoms with Crippen molar-refractivity contribution in [2.75, 3.05) is 0 Å². The number of aromatic nitrogens is 1. The van der Waals surface area contributed by atoms with Crippen LogP contribution >= 0.6 is 23.2 Å². The standard InChI is InChI=1S/C9H5Cl2NO.CH2O2/c10-6-2-1-3-7(11)9(6)8-4-12-5-13-8;2-1-3/h1-5H;1H,(H,2,3). The molecule has 0 spiro atoms. The van der Waals surface area contributed by atoms with Crippen LogP contribution in [0.3, 0.4) is 0 Å². The highest BCUT2D eigenvalue weighted by atomic mass is 35.5. The summed E-state index contributed by atoms with van der Waals surface area (Å²) in [5.41, 5.74) is 0.684. The molecule has 0 fully saturated rings. The zero-order valence-electron chi connectivity index (χ0n) is 7.93. The molecule has 1 heterocycles. The van der Waals surface area contributed by atoms with E-state index in [1.807, 2.05) is 0 Å². The highest BCUT2D eigenvalue weighted by Crippen LogP contribution is 2.33. The SMILES string of the molecule is Clc1cccc(Cl)c1-c1cnco1.O=CO. The van der Waals surface area contributed by atoms with Gasteiger partial charge in [-0.25, -0.2) is 4.98 Å². The molecule has 2 rings (SSSR count). The van der Waals surface area contributed by atoms with Crippen LogP contribution in [0.5, 0.6) is 0 Å². The highest BCUT2D eigenvalue weighted by molar-refractivity contribution is 6.39. The number of carbonyl (C=O) groups is 1. The Kier molecular flexibility index (Phi) is 4.82. The van der Waals surface area contributed by atoms with Crippen LogP contribution in [0.25, 0.3) is 11.3 Å². The lowest BCUT2D eigenvalue weighted by molar-refractivity contribution is -0.122. The molecule has 0 atom stereocenters. The van der Waals surface area contributed by atoms with Gasteiger partial charge in [0.2, 0.25) is 0 Å². The van der Waals surface area contributed by atoms with Crippen LogP contribution in [-0.4, -0.2) is 16.6 Å². The second-order valence-electron chi connectivity index (χ2n) is 2.57. The number of benzene rings is 1. The van der Waals surface area contributed by atoms with Crippen molar-refractivity contribution in [3.05, 3.63) is 40.8 Å². The van der Waals surface area contributed by atoms with Gasteiger partial charge in [-0.1, -0.05) is 29.3 Å². The predicted molar refractivity (Wildman–Crippen MR) is 60.7 cm³/mol. The van der Waals surface area contributed by atoms with Gasteiger partial charge in [0.15, 0.2) is 12.2 Å². The van der Waals surface area contributed by atoms with Crippen molar-refractivity contribution in [2.45, 2.75) is 0 Å². The fourth-order valence-electron chi connectivity index (χ4n) is 1.07. The summed E-state index contributed by atoms with van der Waals surface area (Å²) in [7, 11) is 0. The monoisotopic (exact) mass is 259 g/mol. The van der Waals surface area contributed by atoms with Gasteiger partial charge in [-0.05, 0) is 12.1 Å². The number of rotatable bonds is 1. The summed E-state index contributed by atoms with van der Waals surface area (Å²) in [5.74, 6) is 0.579. The molecule has 1 aromatic heterocycles. The maximum Gasteiger partial charge on any atom is 0.290 e. The normalized spacial score (nSPS) is 9.12. The average Bonchev–Trinajstić information content (AvgIpc) is 2.72. The quantitative estimate of drug-likeness (QED) is 0.798. The first kappa shape index (κ1) is 12.5. The molecule has 0 aliphatic heterocycles. The molecule has 0 saturated heterocycles. The number of oxazole rings is 1. The summed E-state index contributed by atoms with van der Waals surface area (Å²) in [6, 6.07) is 5.29. The first-order chi connectivity index (χ1) is 7.70. The van der Waals surface area contributed by atoms with E-state index in [0.29, 0.717) is 21.4 Å². The van der Waals surface area contributed by atoms with E-state index < -0.39 is 0 Å². The molecular weight excluding hydrogens is 253 g/mol. The molecule has 0 unspecified atom stereocenters. The molecule has 4 nitrogen and oxygen atoms in total. The highest BCUT2D eigenvalue weighted by Gasteiger charge is 2.10. The van der Waals surface area contributed by atoms with Gasteiger partial charge < -0.3 is 9.52 Å². The maximum absolute atomic E-state index is 8.36. The summed E-state index contributed by atoms with van der Waals surface area (Å²) < 4.78 is 5.10. The third kappa shape index (κ3) is 2.98. The first-order valence-corrected chi connectivity index (χ1v) is 4.87. The largest absolute Gasteiger partial charge is 0.483 e. The Morgan fingerprint density at radius 1 is 1.31 bits per heavy atom. The van der Waals surface area contributed by atoms with Crippen LogP contribution in [0.4, 0.5) is 0 Å². The van der Waals surface area contributed by atoms with Crippen LogP contribution in [0.1, 0.15) is 0 Å². The second-order valence-corrected chi connectivity index (χ2v) is 3.38. The van der Waals surface area contributed by atoms with E-state index in [-0.39, 0.29) is 6.47 Å². The van der Waals surface area contributed by atoms with E-state index in [2.05, 4.69) is 4.98 Å². The van der Waals surface area contributed by atoms with Crippen LogP contribution in [0.15, 0.2) is 35.2 Å². The second kappa shape index (κ2) is 6.15. The zero-order valence-corrected chi connectivity index (χ0v) is 9.44. The molecule has 0 amide bonds. The number of carboxylic acid groups (broad SMARTS) is 1. The molecule has 0 radical (unpaired) electrons. The van der Waals surface area contributed by atoms with Gasteiger partial charge in [-0.2, -0.15) is 0 Å². The molecule has 1 N–H and O–H groups in total. The van der Waals surface area contributed by atoms with Crippen molar-refractivity contribution in [3.8, 4) is 11.3 Å². The number of halogens is 2. The first-order valence-electron chi connectivity index (χ1n) is 4.11. The molecule has 0 aliphatic carbocycles. The molecule has 84 valence electrons. The number of hydrogen-bond acceptors (Lipinski definition) is 3. The molecule has 0 aliphatic rings. The molecule has 0 bridgehead atoms. The summed E-state index contributed by atoms with van der Waals surface area (Å²) in [6.07, 6.45) is 2.92. The van der Waals surface area contributed by atoms with Crippen molar-refractivity contribution >= 4 is 29.7 Å². The third-order valence-electron chi connectivity index (χ3n) is 1.64. The van der Waals surface area contributed by atoms with Gasteiger partial charge >= 0.3 is 0 Å². The molecule has 16 heavy (non-hydrogen) atoms. The smallest absolute Gasteiger partial charge is 0.290 e. The predicted octanol–water partition coefficient (Wildman–Crippen LogP) is 3.35. The Morgan fingerprint density at radius 3 is 2.31 bits per heavy atom. The van der Waals surface area contributed by atoms with Gasteiger partial charge in [-0.15, -0.1) is 0 Å². The van der Waals surface area contributed by atoms with Gasteiger partial charge in [0.25, 0.3) is 6.47 Å². The Balaban J connectivity index is 0.000000386. The van der Waals surface area contributed by atoms with Gasteiger partial charge in [0.1, 0.15) is 0 Å². The lowest BCUT2D eigenvalue weighted by Gasteiger charge is -2.01. The average molecular weight is 260 g/mol. The molecule has 6 heteroatoms. The molecular formula is C10H7Cl2NO3. The topological polar surface area (TPSA) is 63.3 Å². The van der Waals surface area contributed by atoms with Crippen molar-refractivity contribution in [1.82, 2.24) is 4.98 Å². The Hall–Kier alpha value is -1.52. The lowest BCUT2D eigenvalue weighted by atomic mass is 10.2. The van der Waals surface area contributed by atoms with Crippen molar-refractivity contribution in [2.24, 2.45) is 0 Å². The van der Waals surface area contributed by atoms with Crippen LogP contribution < -0.4 is 0 Å². The van der Waals surface area contributed by atoms with E-state index in [0.717, 1.165) is 0 Å². The van der Waals surface area contributed by atoms with E-state index in [1.54, 1.807) is 24.4 Å². The van der Waals surface area contributed by atoms with Crippen LogP contribution in [0, 0.1) is 0 Å². The minimum Gasteiger partial charge on any atom is -0.483 e. The molecule has 1 aromatic carbocycles. The maximum atomic E-state index is 8.36. The fourth-order valence-corrected chi connectivity index (χ4v) is 1.66. The summed E-state index contributed by atoms with van der Waals surface area (Å²) in [4.78, 5) is 12.2. The van der Waals surface area contributed by atoms with Gasteiger partial charge in [-0.3, -0.25) is 4.79 Å². The summed E-state index contributed by atoms with van der Waals surface area (Å²) in [6.45, 7) is -0.250. The number of nitrogens with zero attached hydrogens (tertiary/aromatic N) is 1. The Bertz CT molecular complexity index is 437. The lowest BCUT2D eigenvalue weighted by Crippen LogP contribution is -1.77. The summed E-state index contributed by atoms with van der Waals surface area (Å²) in [5, 5.41) is 8.01. The van der Waals surface area contributed by atoms with Gasteiger partial charge in [0, 0.05) is 0 Å². The van der Waals surface area contributed by atoms with E-state index in [1.165, 1.54) is 6.39 Å². The van der Waals surface area contributed by atoms with E-state index in [9.17, 15) is 0 Å². The minimum atomic E-state index is -0.250. The minimum absolute atomic E-state index is 0.250. The Labute approximate surface area is 101 Å². The number of hydrogen-bond donors (Lipinski definition) is 1. The van der Waals surface area contributed by atoms with Crippen molar-refractivity contribution < 1.29 is 14.3 Å². The third-order valence-corrected chi connectivity index (χ3v) is 2.27. The van der Waals surface area contributed by atoms with Crippen LogP contribution in [0.2, 0.25) is 10.0 Å². The van der Waals surface area contributed by atoms with E-state index >= 15 is 0 Å². The van der Waals surface area contributed by atoms with Crippen molar-refractivity contribution in [1.29, 1.82) is 0 Å².